The number of carbonyl (C=O) groups excluding carboxylic acids is 1. The summed E-state index contributed by atoms with van der Waals surface area (Å²) in [6.45, 7) is 2.44. The van der Waals surface area contributed by atoms with Crippen LogP contribution in [0.25, 0.3) is 0 Å². The van der Waals surface area contributed by atoms with Gasteiger partial charge < -0.3 is 9.88 Å². The summed E-state index contributed by atoms with van der Waals surface area (Å²) in [5.41, 5.74) is 1.16. The van der Waals surface area contributed by atoms with Gasteiger partial charge in [0.2, 0.25) is 11.9 Å². The zero-order valence-electron chi connectivity index (χ0n) is 12.7. The van der Waals surface area contributed by atoms with Crippen LogP contribution in [0.3, 0.4) is 0 Å². The van der Waals surface area contributed by atoms with E-state index in [9.17, 15) is 4.79 Å². The Morgan fingerprint density at radius 1 is 1.39 bits per heavy atom. The van der Waals surface area contributed by atoms with Crippen molar-refractivity contribution < 1.29 is 4.79 Å². The van der Waals surface area contributed by atoms with E-state index in [0.29, 0.717) is 12.5 Å². The topological polar surface area (TPSA) is 59.0 Å². The van der Waals surface area contributed by atoms with Crippen molar-refractivity contribution in [2.75, 3.05) is 18.4 Å². The van der Waals surface area contributed by atoms with Gasteiger partial charge in [0.05, 0.1) is 12.5 Å². The van der Waals surface area contributed by atoms with Gasteiger partial charge in [-0.25, -0.2) is 4.98 Å². The van der Waals surface area contributed by atoms with Gasteiger partial charge >= 0.3 is 0 Å². The smallest absolute Gasteiger partial charge is 0.231 e. The van der Waals surface area contributed by atoms with Gasteiger partial charge in [-0.3, -0.25) is 10.1 Å². The molecule has 0 aliphatic carbocycles. The summed E-state index contributed by atoms with van der Waals surface area (Å²) < 4.78 is 3.01. The average Bonchev–Trinajstić information content (AvgIpc) is 2.97. The molecule has 1 aliphatic rings. The molecular weight excluding hydrogens is 380 g/mol. The van der Waals surface area contributed by atoms with Crippen LogP contribution in [-0.4, -0.2) is 28.5 Å². The number of hydrogen-bond donors (Lipinski definition) is 2. The Kier molecular flexibility index (Phi) is 6.62. The van der Waals surface area contributed by atoms with Crippen LogP contribution in [0.1, 0.15) is 18.4 Å². The summed E-state index contributed by atoms with van der Waals surface area (Å²) in [6, 6.07) is 8.14. The quantitative estimate of drug-likeness (QED) is 0.831. The van der Waals surface area contributed by atoms with Gasteiger partial charge in [0.15, 0.2) is 0 Å². The Labute approximate surface area is 150 Å². The molecule has 1 aromatic heterocycles. The molecule has 5 nitrogen and oxygen atoms in total. The second kappa shape index (κ2) is 8.47. The molecule has 1 saturated heterocycles. The third kappa shape index (κ3) is 4.80. The molecule has 1 fully saturated rings. The van der Waals surface area contributed by atoms with Crippen molar-refractivity contribution in [1.82, 2.24) is 14.9 Å². The molecule has 7 heteroatoms. The van der Waals surface area contributed by atoms with Crippen molar-refractivity contribution in [1.29, 1.82) is 0 Å². The number of nitrogens with zero attached hydrogens (tertiary/aromatic N) is 2. The van der Waals surface area contributed by atoms with Gasteiger partial charge in [0.25, 0.3) is 0 Å². The van der Waals surface area contributed by atoms with Crippen LogP contribution < -0.4 is 10.6 Å². The van der Waals surface area contributed by atoms with Crippen molar-refractivity contribution in [3.05, 3.63) is 46.7 Å². The molecule has 1 aromatic carbocycles. The number of aromatic nitrogens is 2. The maximum Gasteiger partial charge on any atom is 0.231 e. The first-order valence-electron chi connectivity index (χ1n) is 7.49. The Morgan fingerprint density at radius 2 is 2.17 bits per heavy atom. The Hall–Kier alpha value is -1.37. The summed E-state index contributed by atoms with van der Waals surface area (Å²) in [6.07, 6.45) is 5.59. The molecule has 1 amide bonds. The highest BCUT2D eigenvalue weighted by Gasteiger charge is 2.22. The summed E-state index contributed by atoms with van der Waals surface area (Å²) in [4.78, 5) is 16.6. The molecule has 0 saturated carbocycles. The van der Waals surface area contributed by atoms with Crippen LogP contribution >= 0.6 is 28.3 Å². The van der Waals surface area contributed by atoms with E-state index < -0.39 is 0 Å². The van der Waals surface area contributed by atoms with Crippen LogP contribution in [0.2, 0.25) is 0 Å². The second-order valence-corrected chi connectivity index (χ2v) is 6.45. The fourth-order valence-electron chi connectivity index (χ4n) is 2.64. The highest BCUT2D eigenvalue weighted by Crippen LogP contribution is 2.16. The van der Waals surface area contributed by atoms with Crippen molar-refractivity contribution in [3.63, 3.8) is 0 Å². The van der Waals surface area contributed by atoms with Crippen molar-refractivity contribution in [3.8, 4) is 0 Å². The minimum Gasteiger partial charge on any atom is -0.316 e. The summed E-state index contributed by atoms with van der Waals surface area (Å²) >= 11 is 3.43. The number of rotatable bonds is 4. The van der Waals surface area contributed by atoms with E-state index in [-0.39, 0.29) is 24.2 Å². The number of imidazole rings is 1. The standard InChI is InChI=1S/C16H19BrN4O.ClH/c17-14-5-3-12(4-6-14)11-21-9-8-19-16(21)20-15(22)13-2-1-7-18-10-13;/h3-6,8-9,13,18H,1-2,7,10-11H2,(H,19,20,22);1H. The van der Waals surface area contributed by atoms with E-state index in [1.807, 2.05) is 22.9 Å². The Bertz CT molecular complexity index is 638. The number of halogens is 2. The predicted molar refractivity (Wildman–Crippen MR) is 96.9 cm³/mol. The minimum absolute atomic E-state index is 0. The summed E-state index contributed by atoms with van der Waals surface area (Å²) in [5, 5.41) is 6.22. The largest absolute Gasteiger partial charge is 0.316 e. The number of benzene rings is 1. The van der Waals surface area contributed by atoms with Crippen molar-refractivity contribution in [2.24, 2.45) is 5.92 Å². The van der Waals surface area contributed by atoms with Crippen LogP contribution in [0.5, 0.6) is 0 Å². The van der Waals surface area contributed by atoms with Gasteiger partial charge in [0, 0.05) is 23.4 Å². The molecule has 0 spiro atoms. The third-order valence-corrected chi connectivity index (χ3v) is 4.41. The zero-order chi connectivity index (χ0) is 15.4. The summed E-state index contributed by atoms with van der Waals surface area (Å²) in [7, 11) is 0. The van der Waals surface area contributed by atoms with E-state index in [1.54, 1.807) is 6.20 Å². The normalized spacial score (nSPS) is 17.3. The average molecular weight is 400 g/mol. The number of carbonyl (C=O) groups is 1. The fourth-order valence-corrected chi connectivity index (χ4v) is 2.90. The third-order valence-electron chi connectivity index (χ3n) is 3.88. The maximum absolute atomic E-state index is 12.3. The van der Waals surface area contributed by atoms with Crippen LogP contribution in [-0.2, 0) is 11.3 Å². The van der Waals surface area contributed by atoms with E-state index in [1.165, 1.54) is 0 Å². The molecule has 124 valence electrons. The fraction of sp³-hybridized carbons (Fsp3) is 0.375. The first-order valence-corrected chi connectivity index (χ1v) is 8.29. The zero-order valence-corrected chi connectivity index (χ0v) is 15.1. The highest BCUT2D eigenvalue weighted by molar-refractivity contribution is 9.10. The number of hydrogen-bond acceptors (Lipinski definition) is 3. The number of nitrogens with one attached hydrogen (secondary N) is 2. The molecule has 2 aromatic rings. The number of piperidine rings is 1. The molecule has 2 heterocycles. The van der Waals surface area contributed by atoms with Gasteiger partial charge in [-0.05, 0) is 37.1 Å². The lowest BCUT2D eigenvalue weighted by Crippen LogP contribution is -2.37. The minimum atomic E-state index is 0. The number of amides is 1. The Morgan fingerprint density at radius 3 is 2.87 bits per heavy atom. The molecule has 23 heavy (non-hydrogen) atoms. The molecular formula is C16H20BrClN4O. The second-order valence-electron chi connectivity index (χ2n) is 5.54. The van der Waals surface area contributed by atoms with Crippen molar-refractivity contribution >= 4 is 40.2 Å². The monoisotopic (exact) mass is 398 g/mol. The molecule has 2 N–H and O–H groups in total. The van der Waals surface area contributed by atoms with E-state index in [4.69, 9.17) is 0 Å². The highest BCUT2D eigenvalue weighted by atomic mass is 79.9. The lowest BCUT2D eigenvalue weighted by molar-refractivity contribution is -0.120. The van der Waals surface area contributed by atoms with Crippen LogP contribution in [0.4, 0.5) is 5.95 Å². The van der Waals surface area contributed by atoms with Crippen LogP contribution in [0.15, 0.2) is 41.1 Å². The van der Waals surface area contributed by atoms with E-state index in [2.05, 4.69) is 43.7 Å². The van der Waals surface area contributed by atoms with Gasteiger partial charge in [-0.15, -0.1) is 12.4 Å². The van der Waals surface area contributed by atoms with Crippen molar-refractivity contribution in [2.45, 2.75) is 19.4 Å². The van der Waals surface area contributed by atoms with Gasteiger partial charge in [0.1, 0.15) is 0 Å². The van der Waals surface area contributed by atoms with Gasteiger partial charge in [-0.2, -0.15) is 0 Å². The molecule has 1 aliphatic heterocycles. The Balaban J connectivity index is 0.00000192. The molecule has 0 bridgehead atoms. The predicted octanol–water partition coefficient (Wildman–Crippen LogP) is 3.05. The summed E-state index contributed by atoms with van der Waals surface area (Å²) in [5.74, 6) is 0.695. The first-order chi connectivity index (χ1) is 10.7. The van der Waals surface area contributed by atoms with E-state index >= 15 is 0 Å². The first kappa shape index (κ1) is 18.0. The lowest BCUT2D eigenvalue weighted by atomic mass is 9.99. The SMILES string of the molecule is Cl.O=C(Nc1nccn1Cc1ccc(Br)cc1)C1CCCNC1. The molecule has 1 atom stereocenters. The molecule has 0 radical (unpaired) electrons. The van der Waals surface area contributed by atoms with E-state index in [0.717, 1.165) is 36.0 Å². The van der Waals surface area contributed by atoms with Crippen LogP contribution in [0, 0.1) is 5.92 Å². The maximum atomic E-state index is 12.3. The number of anilines is 1. The van der Waals surface area contributed by atoms with Gasteiger partial charge in [-0.1, -0.05) is 28.1 Å². The lowest BCUT2D eigenvalue weighted by Gasteiger charge is -2.21. The molecule has 3 rings (SSSR count). The molecule has 1 unspecified atom stereocenters.